The predicted octanol–water partition coefficient (Wildman–Crippen LogP) is 0.574. The zero-order valence-corrected chi connectivity index (χ0v) is 8.78. The van der Waals surface area contributed by atoms with E-state index in [0.29, 0.717) is 18.0 Å². The van der Waals surface area contributed by atoms with E-state index in [1.165, 1.54) is 12.8 Å². The van der Waals surface area contributed by atoms with Crippen LogP contribution < -0.4 is 5.73 Å². The van der Waals surface area contributed by atoms with Crippen molar-refractivity contribution in [2.45, 2.75) is 37.8 Å². The Morgan fingerprint density at radius 3 is 2.50 bits per heavy atom. The molecule has 4 heteroatoms. The molecule has 2 rings (SSSR count). The molecule has 2 aliphatic rings. The monoisotopic (exact) mass is 197 g/mol. The molecule has 1 heterocycles. The molecule has 0 unspecified atom stereocenters. The minimum absolute atomic E-state index is 0.511. The summed E-state index contributed by atoms with van der Waals surface area (Å²) in [5.74, 6) is 0.708. The first-order chi connectivity index (χ1) is 6.77. The molecule has 0 radical (unpaired) electrons. The number of hydrogen-bond acceptors (Lipinski definition) is 2. The van der Waals surface area contributed by atoms with Crippen LogP contribution in [0, 0.1) is 0 Å². The average Bonchev–Trinajstić information content (AvgIpc) is 3.02. The third-order valence-electron chi connectivity index (χ3n) is 2.96. The SMILES string of the molecule is CN(C(N)=NC1CC1)C1CCOCC1. The molecule has 1 saturated heterocycles. The van der Waals surface area contributed by atoms with Crippen LogP contribution >= 0.6 is 0 Å². The van der Waals surface area contributed by atoms with Gasteiger partial charge in [0.1, 0.15) is 0 Å². The highest BCUT2D eigenvalue weighted by Crippen LogP contribution is 2.24. The molecule has 2 N–H and O–H groups in total. The first-order valence-corrected chi connectivity index (χ1v) is 5.41. The van der Waals surface area contributed by atoms with Gasteiger partial charge in [0.05, 0.1) is 6.04 Å². The highest BCUT2D eigenvalue weighted by atomic mass is 16.5. The van der Waals surface area contributed by atoms with E-state index in [1.54, 1.807) is 0 Å². The predicted molar refractivity (Wildman–Crippen MR) is 56.2 cm³/mol. The van der Waals surface area contributed by atoms with Crippen molar-refractivity contribution in [3.8, 4) is 0 Å². The maximum absolute atomic E-state index is 5.92. The van der Waals surface area contributed by atoms with E-state index < -0.39 is 0 Å². The van der Waals surface area contributed by atoms with Crippen molar-refractivity contribution in [3.63, 3.8) is 0 Å². The lowest BCUT2D eigenvalue weighted by molar-refractivity contribution is 0.0602. The van der Waals surface area contributed by atoms with Gasteiger partial charge in [0.15, 0.2) is 5.96 Å². The second kappa shape index (κ2) is 4.17. The molecular weight excluding hydrogens is 178 g/mol. The van der Waals surface area contributed by atoms with Crippen LogP contribution in [0.2, 0.25) is 0 Å². The molecule has 0 aromatic heterocycles. The van der Waals surface area contributed by atoms with Gasteiger partial charge in [0.2, 0.25) is 0 Å². The van der Waals surface area contributed by atoms with Crippen molar-refractivity contribution >= 4 is 5.96 Å². The van der Waals surface area contributed by atoms with Crippen molar-refractivity contribution < 1.29 is 4.74 Å². The van der Waals surface area contributed by atoms with Gasteiger partial charge in [-0.3, -0.25) is 0 Å². The van der Waals surface area contributed by atoms with Crippen LogP contribution in [-0.4, -0.2) is 43.2 Å². The molecule has 0 atom stereocenters. The van der Waals surface area contributed by atoms with Crippen molar-refractivity contribution in [2.24, 2.45) is 10.7 Å². The number of ether oxygens (including phenoxy) is 1. The Bertz CT molecular complexity index is 219. The number of guanidine groups is 1. The number of hydrogen-bond donors (Lipinski definition) is 1. The van der Waals surface area contributed by atoms with Gasteiger partial charge in [-0.15, -0.1) is 0 Å². The lowest BCUT2D eigenvalue weighted by Crippen LogP contribution is -2.44. The van der Waals surface area contributed by atoms with Gasteiger partial charge in [0, 0.05) is 26.3 Å². The van der Waals surface area contributed by atoms with Gasteiger partial charge in [-0.05, 0) is 25.7 Å². The van der Waals surface area contributed by atoms with Gasteiger partial charge < -0.3 is 15.4 Å². The van der Waals surface area contributed by atoms with E-state index in [9.17, 15) is 0 Å². The smallest absolute Gasteiger partial charge is 0.191 e. The van der Waals surface area contributed by atoms with Crippen molar-refractivity contribution in [1.29, 1.82) is 0 Å². The summed E-state index contributed by atoms with van der Waals surface area (Å²) in [7, 11) is 2.04. The van der Waals surface area contributed by atoms with E-state index in [4.69, 9.17) is 10.5 Å². The van der Waals surface area contributed by atoms with Gasteiger partial charge in [0.25, 0.3) is 0 Å². The zero-order chi connectivity index (χ0) is 9.97. The molecule has 0 aromatic carbocycles. The second-order valence-corrected chi connectivity index (χ2v) is 4.17. The third kappa shape index (κ3) is 2.38. The molecule has 0 bridgehead atoms. The molecule has 14 heavy (non-hydrogen) atoms. The normalized spacial score (nSPS) is 25.1. The lowest BCUT2D eigenvalue weighted by Gasteiger charge is -2.31. The maximum atomic E-state index is 5.92. The van der Waals surface area contributed by atoms with Crippen molar-refractivity contribution in [3.05, 3.63) is 0 Å². The lowest BCUT2D eigenvalue weighted by atomic mass is 10.1. The quantitative estimate of drug-likeness (QED) is 0.520. The van der Waals surface area contributed by atoms with E-state index in [1.807, 2.05) is 7.05 Å². The Morgan fingerprint density at radius 2 is 1.93 bits per heavy atom. The zero-order valence-electron chi connectivity index (χ0n) is 8.78. The molecule has 0 amide bonds. The van der Waals surface area contributed by atoms with Crippen molar-refractivity contribution in [2.75, 3.05) is 20.3 Å². The van der Waals surface area contributed by atoms with Crippen LogP contribution in [0.25, 0.3) is 0 Å². The molecule has 4 nitrogen and oxygen atoms in total. The maximum Gasteiger partial charge on any atom is 0.191 e. The highest BCUT2D eigenvalue weighted by molar-refractivity contribution is 5.78. The summed E-state index contributed by atoms with van der Waals surface area (Å²) >= 11 is 0. The fourth-order valence-electron chi connectivity index (χ4n) is 1.74. The van der Waals surface area contributed by atoms with Crippen LogP contribution in [0.3, 0.4) is 0 Å². The van der Waals surface area contributed by atoms with Crippen LogP contribution in [0.4, 0.5) is 0 Å². The summed E-state index contributed by atoms with van der Waals surface area (Å²) in [6.07, 6.45) is 4.55. The topological polar surface area (TPSA) is 50.8 Å². The summed E-state index contributed by atoms with van der Waals surface area (Å²) in [4.78, 5) is 6.56. The van der Waals surface area contributed by atoms with Crippen LogP contribution in [0.1, 0.15) is 25.7 Å². The summed E-state index contributed by atoms with van der Waals surface area (Å²) in [5, 5.41) is 0. The minimum Gasteiger partial charge on any atom is -0.381 e. The van der Waals surface area contributed by atoms with Crippen LogP contribution in [0.15, 0.2) is 4.99 Å². The van der Waals surface area contributed by atoms with E-state index >= 15 is 0 Å². The standard InChI is InChI=1S/C10H19N3O/c1-13(9-4-6-14-7-5-9)10(11)12-8-2-3-8/h8-9H,2-7H2,1H3,(H2,11,12). The first-order valence-electron chi connectivity index (χ1n) is 5.41. The van der Waals surface area contributed by atoms with Crippen LogP contribution in [0.5, 0.6) is 0 Å². The Labute approximate surface area is 85.1 Å². The second-order valence-electron chi connectivity index (χ2n) is 4.17. The Balaban J connectivity index is 1.88. The Kier molecular flexibility index (Phi) is 2.91. The molecular formula is C10H19N3O. The van der Waals surface area contributed by atoms with E-state index in [-0.39, 0.29) is 0 Å². The molecule has 2 fully saturated rings. The first kappa shape index (κ1) is 9.77. The van der Waals surface area contributed by atoms with Gasteiger partial charge in [-0.1, -0.05) is 0 Å². The summed E-state index contributed by atoms with van der Waals surface area (Å²) in [5.41, 5.74) is 5.92. The largest absolute Gasteiger partial charge is 0.381 e. The number of nitrogens with zero attached hydrogens (tertiary/aromatic N) is 2. The third-order valence-corrected chi connectivity index (χ3v) is 2.96. The Hall–Kier alpha value is -0.770. The highest BCUT2D eigenvalue weighted by Gasteiger charge is 2.24. The van der Waals surface area contributed by atoms with Gasteiger partial charge in [-0.2, -0.15) is 0 Å². The molecule has 0 aromatic rings. The minimum atomic E-state index is 0.511. The van der Waals surface area contributed by atoms with Gasteiger partial charge >= 0.3 is 0 Å². The summed E-state index contributed by atoms with van der Waals surface area (Å²) in [6, 6.07) is 1.03. The van der Waals surface area contributed by atoms with Crippen molar-refractivity contribution in [1.82, 2.24) is 4.90 Å². The molecule has 1 saturated carbocycles. The fourth-order valence-corrected chi connectivity index (χ4v) is 1.74. The number of nitrogens with two attached hydrogens (primary N) is 1. The van der Waals surface area contributed by atoms with E-state index in [2.05, 4.69) is 9.89 Å². The summed E-state index contributed by atoms with van der Waals surface area (Å²) < 4.78 is 5.32. The molecule has 0 spiro atoms. The fraction of sp³-hybridized carbons (Fsp3) is 0.900. The average molecular weight is 197 g/mol. The molecule has 1 aliphatic heterocycles. The van der Waals surface area contributed by atoms with E-state index in [0.717, 1.165) is 26.1 Å². The molecule has 80 valence electrons. The van der Waals surface area contributed by atoms with Gasteiger partial charge in [-0.25, -0.2) is 4.99 Å². The number of rotatable bonds is 2. The Morgan fingerprint density at radius 1 is 1.29 bits per heavy atom. The summed E-state index contributed by atoms with van der Waals surface area (Å²) in [6.45, 7) is 1.71. The molecule has 1 aliphatic carbocycles. The number of aliphatic imine (C=N–C) groups is 1. The van der Waals surface area contributed by atoms with Crippen LogP contribution in [-0.2, 0) is 4.74 Å².